The first-order chi connectivity index (χ1) is 12.7. The summed E-state index contributed by atoms with van der Waals surface area (Å²) in [5, 5.41) is 6.16. The molecule has 4 heteroatoms. The summed E-state index contributed by atoms with van der Waals surface area (Å²) in [5.41, 5.74) is 1.54. The monoisotopic (exact) mass is 350 g/mol. The van der Waals surface area contributed by atoms with Crippen molar-refractivity contribution in [2.24, 2.45) is 0 Å². The number of hydrogen-bond donors (Lipinski definition) is 2. The molecule has 2 amide bonds. The van der Waals surface area contributed by atoms with Crippen LogP contribution < -0.4 is 10.6 Å². The Hall–Kier alpha value is -2.62. The average molecular weight is 350 g/mol. The van der Waals surface area contributed by atoms with E-state index in [0.29, 0.717) is 5.56 Å². The fourth-order valence-corrected chi connectivity index (χ4v) is 3.49. The fourth-order valence-electron chi connectivity index (χ4n) is 3.49. The van der Waals surface area contributed by atoms with Crippen molar-refractivity contribution in [2.45, 2.75) is 50.6 Å². The van der Waals surface area contributed by atoms with E-state index in [4.69, 9.17) is 0 Å². The summed E-state index contributed by atoms with van der Waals surface area (Å²) in [7, 11) is 0. The molecule has 4 nitrogen and oxygen atoms in total. The number of rotatable bonds is 6. The largest absolute Gasteiger partial charge is 0.353 e. The Bertz CT molecular complexity index is 709. The minimum absolute atomic E-state index is 0.000820. The van der Waals surface area contributed by atoms with Gasteiger partial charge >= 0.3 is 0 Å². The first-order valence-electron chi connectivity index (χ1n) is 9.42. The molecule has 2 N–H and O–H groups in total. The van der Waals surface area contributed by atoms with Crippen molar-refractivity contribution in [3.8, 4) is 0 Å². The first-order valence-corrected chi connectivity index (χ1v) is 9.42. The van der Waals surface area contributed by atoms with Gasteiger partial charge in [-0.25, -0.2) is 0 Å². The summed E-state index contributed by atoms with van der Waals surface area (Å²) < 4.78 is 0. The van der Waals surface area contributed by atoms with Gasteiger partial charge in [0.25, 0.3) is 5.91 Å². The van der Waals surface area contributed by atoms with Crippen LogP contribution in [0.25, 0.3) is 0 Å². The van der Waals surface area contributed by atoms with Gasteiger partial charge in [-0.2, -0.15) is 0 Å². The summed E-state index contributed by atoms with van der Waals surface area (Å²) in [6, 6.07) is 18.7. The normalized spacial score (nSPS) is 15.8. The van der Waals surface area contributed by atoms with Gasteiger partial charge in [0.2, 0.25) is 5.91 Å². The minimum Gasteiger partial charge on any atom is -0.353 e. The maximum atomic E-state index is 12.6. The highest BCUT2D eigenvalue weighted by Crippen LogP contribution is 2.20. The van der Waals surface area contributed by atoms with Gasteiger partial charge < -0.3 is 10.6 Å². The molecule has 1 saturated carbocycles. The fraction of sp³-hybridized carbons (Fsp3) is 0.364. The molecular weight excluding hydrogens is 324 g/mol. The molecular formula is C22H26N2O2. The molecule has 0 unspecified atom stereocenters. The van der Waals surface area contributed by atoms with Gasteiger partial charge in [-0.15, -0.1) is 0 Å². The van der Waals surface area contributed by atoms with E-state index in [9.17, 15) is 9.59 Å². The van der Waals surface area contributed by atoms with Gasteiger partial charge in [0.1, 0.15) is 0 Å². The van der Waals surface area contributed by atoms with Gasteiger partial charge in [-0.1, -0.05) is 67.8 Å². The van der Waals surface area contributed by atoms with Crippen molar-refractivity contribution >= 4 is 11.8 Å². The number of benzene rings is 2. The molecule has 1 aliphatic carbocycles. The highest BCUT2D eigenvalue weighted by atomic mass is 16.2. The van der Waals surface area contributed by atoms with Crippen LogP contribution in [0.3, 0.4) is 0 Å². The van der Waals surface area contributed by atoms with E-state index in [1.54, 1.807) is 12.1 Å². The molecule has 0 spiro atoms. The van der Waals surface area contributed by atoms with Gasteiger partial charge in [0, 0.05) is 11.6 Å². The summed E-state index contributed by atoms with van der Waals surface area (Å²) in [5.74, 6) is -0.163. The number of nitrogens with one attached hydrogen (secondary N) is 2. The molecule has 0 radical (unpaired) electrons. The zero-order valence-electron chi connectivity index (χ0n) is 15.0. The molecule has 1 atom stereocenters. The standard InChI is InChI=1S/C22H26N2O2/c25-21(23-19-14-8-3-9-15-19)16-20(17-10-4-1-5-11-17)24-22(26)18-12-6-2-7-13-18/h1-2,4-7,10-13,19-20H,3,8-9,14-16H2,(H,23,25)(H,24,26)/t20-/m1/s1. The molecule has 2 aromatic carbocycles. The lowest BCUT2D eigenvalue weighted by Crippen LogP contribution is -2.39. The molecule has 0 bridgehead atoms. The van der Waals surface area contributed by atoms with E-state index in [2.05, 4.69) is 10.6 Å². The lowest BCUT2D eigenvalue weighted by molar-refractivity contribution is -0.122. The molecule has 0 aliphatic heterocycles. The van der Waals surface area contributed by atoms with Crippen LogP contribution in [0.5, 0.6) is 0 Å². The maximum absolute atomic E-state index is 12.6. The van der Waals surface area contributed by atoms with Gasteiger partial charge in [0.05, 0.1) is 12.5 Å². The zero-order valence-corrected chi connectivity index (χ0v) is 15.0. The van der Waals surface area contributed by atoms with E-state index in [1.165, 1.54) is 19.3 Å². The highest BCUT2D eigenvalue weighted by Gasteiger charge is 2.21. The Kier molecular flexibility index (Phi) is 6.42. The van der Waals surface area contributed by atoms with E-state index in [-0.39, 0.29) is 30.3 Å². The van der Waals surface area contributed by atoms with Crippen LogP contribution in [0.1, 0.15) is 60.5 Å². The Morgan fingerprint density at radius 1 is 0.885 bits per heavy atom. The molecule has 0 aromatic heterocycles. The number of carbonyl (C=O) groups is 2. The van der Waals surface area contributed by atoms with E-state index in [1.807, 2.05) is 48.5 Å². The average Bonchev–Trinajstić information content (AvgIpc) is 2.69. The number of carbonyl (C=O) groups excluding carboxylic acids is 2. The lowest BCUT2D eigenvalue weighted by atomic mass is 9.95. The van der Waals surface area contributed by atoms with Crippen LogP contribution in [0.15, 0.2) is 60.7 Å². The molecule has 0 heterocycles. The summed E-state index contributed by atoms with van der Waals surface area (Å²) in [4.78, 5) is 25.1. The van der Waals surface area contributed by atoms with E-state index < -0.39 is 0 Å². The Balaban J connectivity index is 1.67. The first kappa shape index (κ1) is 18.2. The van der Waals surface area contributed by atoms with Crippen molar-refractivity contribution in [1.82, 2.24) is 10.6 Å². The van der Waals surface area contributed by atoms with Crippen molar-refractivity contribution in [1.29, 1.82) is 0 Å². The van der Waals surface area contributed by atoms with Crippen molar-refractivity contribution in [3.05, 3.63) is 71.8 Å². The number of hydrogen-bond acceptors (Lipinski definition) is 2. The van der Waals surface area contributed by atoms with Crippen molar-refractivity contribution < 1.29 is 9.59 Å². The van der Waals surface area contributed by atoms with Gasteiger partial charge in [-0.3, -0.25) is 9.59 Å². The molecule has 1 aliphatic rings. The van der Waals surface area contributed by atoms with Gasteiger partial charge in [0.15, 0.2) is 0 Å². The molecule has 0 saturated heterocycles. The van der Waals surface area contributed by atoms with Crippen LogP contribution in [0, 0.1) is 0 Å². The smallest absolute Gasteiger partial charge is 0.251 e. The SMILES string of the molecule is O=C(C[C@@H](NC(=O)c1ccccc1)c1ccccc1)NC1CCCCC1. The molecule has 2 aromatic rings. The minimum atomic E-state index is -0.340. The molecule has 3 rings (SSSR count). The summed E-state index contributed by atoms with van der Waals surface area (Å²) in [6.45, 7) is 0. The van der Waals surface area contributed by atoms with Crippen LogP contribution in [-0.4, -0.2) is 17.9 Å². The second-order valence-electron chi connectivity index (χ2n) is 6.91. The van der Waals surface area contributed by atoms with Crippen LogP contribution >= 0.6 is 0 Å². The van der Waals surface area contributed by atoms with E-state index in [0.717, 1.165) is 18.4 Å². The zero-order chi connectivity index (χ0) is 18.2. The van der Waals surface area contributed by atoms with Gasteiger partial charge in [-0.05, 0) is 30.5 Å². The van der Waals surface area contributed by atoms with E-state index >= 15 is 0 Å². The van der Waals surface area contributed by atoms with Crippen LogP contribution in [0.4, 0.5) is 0 Å². The summed E-state index contributed by atoms with van der Waals surface area (Å²) >= 11 is 0. The van der Waals surface area contributed by atoms with Crippen LogP contribution in [0.2, 0.25) is 0 Å². The Morgan fingerprint density at radius 2 is 1.50 bits per heavy atom. The predicted molar refractivity (Wildman–Crippen MR) is 103 cm³/mol. The Labute approximate surface area is 155 Å². The second kappa shape index (κ2) is 9.18. The third-order valence-corrected chi connectivity index (χ3v) is 4.90. The number of amides is 2. The topological polar surface area (TPSA) is 58.2 Å². The quantitative estimate of drug-likeness (QED) is 0.827. The molecule has 1 fully saturated rings. The summed E-state index contributed by atoms with van der Waals surface area (Å²) in [6.07, 6.45) is 5.97. The molecule has 26 heavy (non-hydrogen) atoms. The maximum Gasteiger partial charge on any atom is 0.251 e. The highest BCUT2D eigenvalue weighted by molar-refractivity contribution is 5.94. The second-order valence-corrected chi connectivity index (χ2v) is 6.91. The third kappa shape index (κ3) is 5.19. The lowest BCUT2D eigenvalue weighted by Gasteiger charge is -2.25. The Morgan fingerprint density at radius 3 is 2.15 bits per heavy atom. The molecule has 136 valence electrons. The van der Waals surface area contributed by atoms with Crippen molar-refractivity contribution in [3.63, 3.8) is 0 Å². The predicted octanol–water partition coefficient (Wildman–Crippen LogP) is 4.00. The third-order valence-electron chi connectivity index (χ3n) is 4.90. The van der Waals surface area contributed by atoms with Crippen molar-refractivity contribution in [2.75, 3.05) is 0 Å². The van der Waals surface area contributed by atoms with Crippen LogP contribution in [-0.2, 0) is 4.79 Å².